The molecule has 0 saturated heterocycles. The molecule has 0 N–H and O–H groups in total. The van der Waals surface area contributed by atoms with E-state index >= 15 is 0 Å². The fourth-order valence-electron chi connectivity index (χ4n) is 3.36. The minimum atomic E-state index is 0.672. The van der Waals surface area contributed by atoms with E-state index < -0.39 is 0 Å². The van der Waals surface area contributed by atoms with Crippen molar-refractivity contribution in [3.05, 3.63) is 102 Å². The van der Waals surface area contributed by atoms with Crippen LogP contribution in [0.4, 0.5) is 0 Å². The number of halogens is 1. The lowest BCUT2D eigenvalue weighted by atomic mass is 10.0. The van der Waals surface area contributed by atoms with Gasteiger partial charge in [0.15, 0.2) is 11.5 Å². The van der Waals surface area contributed by atoms with Gasteiger partial charge in [-0.2, -0.15) is 0 Å². The van der Waals surface area contributed by atoms with Crippen LogP contribution in [0.2, 0.25) is 0 Å². The van der Waals surface area contributed by atoms with E-state index in [1.54, 1.807) is 6.20 Å². The highest BCUT2D eigenvalue weighted by Crippen LogP contribution is 2.30. The summed E-state index contributed by atoms with van der Waals surface area (Å²) in [5.74, 6) is 0.672. The van der Waals surface area contributed by atoms with Crippen LogP contribution in [0.25, 0.3) is 44.8 Å². The number of rotatable bonds is 3. The summed E-state index contributed by atoms with van der Waals surface area (Å²) in [7, 11) is 0. The molecule has 5 rings (SSSR count). The van der Waals surface area contributed by atoms with E-state index in [9.17, 15) is 0 Å². The monoisotopic (exact) mass is 437 g/mol. The van der Waals surface area contributed by atoms with Crippen LogP contribution >= 0.6 is 15.9 Å². The van der Waals surface area contributed by atoms with Crippen molar-refractivity contribution >= 4 is 27.0 Å². The lowest BCUT2D eigenvalue weighted by Gasteiger charge is -2.10. The van der Waals surface area contributed by atoms with Gasteiger partial charge >= 0.3 is 0 Å². The van der Waals surface area contributed by atoms with Crippen LogP contribution in [0.5, 0.6) is 0 Å². The van der Waals surface area contributed by atoms with Crippen LogP contribution in [0, 0.1) is 0 Å². The fraction of sp³-hybridized carbons (Fsp3) is 0. The van der Waals surface area contributed by atoms with Crippen molar-refractivity contribution in [3.63, 3.8) is 0 Å². The molecule has 0 unspecified atom stereocenters. The van der Waals surface area contributed by atoms with Gasteiger partial charge in [-0.25, -0.2) is 15.0 Å². The maximum atomic E-state index is 4.91. The summed E-state index contributed by atoms with van der Waals surface area (Å²) in [6.07, 6.45) is 1.77. The van der Waals surface area contributed by atoms with Crippen LogP contribution in [0.1, 0.15) is 0 Å². The van der Waals surface area contributed by atoms with E-state index in [1.165, 1.54) is 11.1 Å². The normalized spacial score (nSPS) is 10.9. The second-order valence-electron chi connectivity index (χ2n) is 6.72. The smallest absolute Gasteiger partial charge is 0.163 e. The first-order valence-electron chi connectivity index (χ1n) is 9.32. The average molecular weight is 438 g/mol. The molecule has 0 bridgehead atoms. The van der Waals surface area contributed by atoms with Crippen molar-refractivity contribution in [2.45, 2.75) is 0 Å². The highest BCUT2D eigenvalue weighted by molar-refractivity contribution is 9.10. The lowest BCUT2D eigenvalue weighted by Crippen LogP contribution is -1.96. The van der Waals surface area contributed by atoms with Gasteiger partial charge in [-0.15, -0.1) is 0 Å². The Kier molecular flexibility index (Phi) is 4.62. The molecule has 5 aromatic rings. The highest BCUT2D eigenvalue weighted by Gasteiger charge is 2.12. The van der Waals surface area contributed by atoms with Crippen molar-refractivity contribution in [2.24, 2.45) is 0 Å². The quantitative estimate of drug-likeness (QED) is 0.311. The molecule has 2 aromatic heterocycles. The van der Waals surface area contributed by atoms with E-state index in [2.05, 4.69) is 74.4 Å². The predicted molar refractivity (Wildman–Crippen MR) is 121 cm³/mol. The SMILES string of the molecule is Brc1ccc(-c2nc(-c3ccc(-c4ccccc4)cc3)c3cccnc3n2)cc1. The zero-order valence-electron chi connectivity index (χ0n) is 15.5. The summed E-state index contributed by atoms with van der Waals surface area (Å²) in [5.41, 5.74) is 5.97. The molecule has 0 fully saturated rings. The molecule has 138 valence electrons. The number of fused-ring (bicyclic) bond motifs is 1. The first-order valence-corrected chi connectivity index (χ1v) is 10.1. The standard InChI is InChI=1S/C25H16BrN3/c26-21-14-12-20(13-15-21)24-28-23(22-7-4-16-27-25(22)29-24)19-10-8-18(9-11-19)17-5-2-1-3-6-17/h1-16H. The number of aromatic nitrogens is 3. The molecular weight excluding hydrogens is 422 g/mol. The summed E-state index contributed by atoms with van der Waals surface area (Å²) >= 11 is 3.48. The summed E-state index contributed by atoms with van der Waals surface area (Å²) < 4.78 is 1.02. The predicted octanol–water partition coefficient (Wildman–Crippen LogP) is 6.79. The lowest BCUT2D eigenvalue weighted by molar-refractivity contribution is 1.19. The number of benzene rings is 3. The maximum Gasteiger partial charge on any atom is 0.163 e. The Balaban J connectivity index is 1.64. The number of hydrogen-bond donors (Lipinski definition) is 0. The Bertz CT molecular complexity index is 1280. The van der Waals surface area contributed by atoms with Crippen molar-refractivity contribution < 1.29 is 0 Å². The molecule has 0 radical (unpaired) electrons. The third-order valence-corrected chi connectivity index (χ3v) is 5.37. The summed E-state index contributed by atoms with van der Waals surface area (Å²) in [6.45, 7) is 0. The van der Waals surface area contributed by atoms with Crippen molar-refractivity contribution in [1.82, 2.24) is 15.0 Å². The van der Waals surface area contributed by atoms with Gasteiger partial charge in [0, 0.05) is 27.2 Å². The molecule has 0 saturated carbocycles. The molecule has 0 atom stereocenters. The number of pyridine rings is 1. The molecule has 2 heterocycles. The largest absolute Gasteiger partial charge is 0.236 e. The minimum absolute atomic E-state index is 0.672. The summed E-state index contributed by atoms with van der Waals surface area (Å²) in [4.78, 5) is 14.1. The van der Waals surface area contributed by atoms with E-state index in [0.29, 0.717) is 11.5 Å². The van der Waals surface area contributed by atoms with Crippen LogP contribution in [0.3, 0.4) is 0 Å². The zero-order valence-corrected chi connectivity index (χ0v) is 17.0. The Morgan fingerprint density at radius 1 is 0.552 bits per heavy atom. The first kappa shape index (κ1) is 17.7. The van der Waals surface area contributed by atoms with Gasteiger partial charge in [0.1, 0.15) is 0 Å². The van der Waals surface area contributed by atoms with Gasteiger partial charge in [-0.05, 0) is 35.4 Å². The minimum Gasteiger partial charge on any atom is -0.236 e. The molecule has 29 heavy (non-hydrogen) atoms. The van der Waals surface area contributed by atoms with Gasteiger partial charge in [-0.1, -0.05) is 82.7 Å². The summed E-state index contributed by atoms with van der Waals surface area (Å²) in [6, 6.07) is 30.8. The molecular formula is C25H16BrN3. The zero-order chi connectivity index (χ0) is 19.6. The Labute approximate surface area is 177 Å². The molecule has 4 heteroatoms. The third kappa shape index (κ3) is 3.55. The van der Waals surface area contributed by atoms with E-state index in [1.807, 2.05) is 42.5 Å². The van der Waals surface area contributed by atoms with Crippen LogP contribution in [-0.2, 0) is 0 Å². The van der Waals surface area contributed by atoms with E-state index in [0.717, 1.165) is 26.7 Å². The van der Waals surface area contributed by atoms with Crippen LogP contribution in [0.15, 0.2) is 102 Å². The average Bonchev–Trinajstić information content (AvgIpc) is 2.79. The molecule has 0 aliphatic rings. The van der Waals surface area contributed by atoms with Gasteiger partial charge in [0.2, 0.25) is 0 Å². The second-order valence-corrected chi connectivity index (χ2v) is 7.64. The van der Waals surface area contributed by atoms with Gasteiger partial charge in [0.05, 0.1) is 5.69 Å². The summed E-state index contributed by atoms with van der Waals surface area (Å²) in [5, 5.41) is 0.945. The second kappa shape index (κ2) is 7.57. The van der Waals surface area contributed by atoms with Crippen molar-refractivity contribution in [3.8, 4) is 33.8 Å². The first-order chi connectivity index (χ1) is 14.3. The fourth-order valence-corrected chi connectivity index (χ4v) is 3.63. The Morgan fingerprint density at radius 2 is 1.21 bits per heavy atom. The van der Waals surface area contributed by atoms with Crippen molar-refractivity contribution in [2.75, 3.05) is 0 Å². The van der Waals surface area contributed by atoms with E-state index in [4.69, 9.17) is 4.98 Å². The molecule has 0 spiro atoms. The molecule has 3 nitrogen and oxygen atoms in total. The van der Waals surface area contributed by atoms with Crippen molar-refractivity contribution in [1.29, 1.82) is 0 Å². The number of hydrogen-bond acceptors (Lipinski definition) is 3. The molecule has 0 amide bonds. The van der Waals surface area contributed by atoms with Gasteiger partial charge < -0.3 is 0 Å². The van der Waals surface area contributed by atoms with Crippen LogP contribution < -0.4 is 0 Å². The number of nitrogens with zero attached hydrogens (tertiary/aromatic N) is 3. The molecule has 0 aliphatic carbocycles. The van der Waals surface area contributed by atoms with E-state index in [-0.39, 0.29) is 0 Å². The third-order valence-electron chi connectivity index (χ3n) is 4.84. The molecule has 0 aliphatic heterocycles. The topological polar surface area (TPSA) is 38.7 Å². The molecule has 3 aromatic carbocycles. The Morgan fingerprint density at radius 3 is 1.97 bits per heavy atom. The highest BCUT2D eigenvalue weighted by atomic mass is 79.9. The maximum absolute atomic E-state index is 4.91. The van der Waals surface area contributed by atoms with Gasteiger partial charge in [0.25, 0.3) is 0 Å². The Hall–Kier alpha value is -3.37. The van der Waals surface area contributed by atoms with Crippen LogP contribution in [-0.4, -0.2) is 15.0 Å². The van der Waals surface area contributed by atoms with Gasteiger partial charge in [-0.3, -0.25) is 0 Å².